The number of amides is 2. The molecule has 0 atom stereocenters. The summed E-state index contributed by atoms with van der Waals surface area (Å²) in [6.45, 7) is 3.86. The normalized spacial score (nSPS) is 14.5. The number of ether oxygens (including phenoxy) is 1. The highest BCUT2D eigenvalue weighted by atomic mass is 32.1. The zero-order valence-electron chi connectivity index (χ0n) is 11.9. The van der Waals surface area contributed by atoms with Crippen molar-refractivity contribution in [3.63, 3.8) is 0 Å². The van der Waals surface area contributed by atoms with E-state index in [4.69, 9.17) is 4.74 Å². The maximum Gasteiger partial charge on any atom is 0.315 e. The van der Waals surface area contributed by atoms with Gasteiger partial charge < -0.3 is 15.4 Å². The minimum atomic E-state index is -0.0964. The van der Waals surface area contributed by atoms with Gasteiger partial charge >= 0.3 is 6.03 Å². The topological polar surface area (TPSA) is 53.6 Å². The number of nitrogens with one attached hydrogen (secondary N) is 2. The van der Waals surface area contributed by atoms with Crippen molar-refractivity contribution in [3.8, 4) is 0 Å². The molecule has 1 saturated carbocycles. The van der Waals surface area contributed by atoms with Gasteiger partial charge in [-0.1, -0.05) is 6.07 Å². The van der Waals surface area contributed by atoms with Gasteiger partial charge in [0.1, 0.15) is 0 Å². The summed E-state index contributed by atoms with van der Waals surface area (Å²) in [6.07, 6.45) is 2.54. The zero-order valence-corrected chi connectivity index (χ0v) is 12.7. The lowest BCUT2D eigenvalue weighted by Gasteiger charge is -2.21. The Hall–Kier alpha value is -1.11. The second-order valence-corrected chi connectivity index (χ2v) is 5.98. The van der Waals surface area contributed by atoms with Crippen LogP contribution in [-0.4, -0.2) is 50.3 Å². The number of methoxy groups -OCH3 is 1. The van der Waals surface area contributed by atoms with Gasteiger partial charge in [0.05, 0.1) is 13.2 Å². The van der Waals surface area contributed by atoms with Gasteiger partial charge in [-0.25, -0.2) is 4.79 Å². The molecule has 112 valence electrons. The lowest BCUT2D eigenvalue weighted by Crippen LogP contribution is -2.41. The van der Waals surface area contributed by atoms with Crippen LogP contribution in [0.4, 0.5) is 4.79 Å². The van der Waals surface area contributed by atoms with Crippen LogP contribution in [0.1, 0.15) is 17.7 Å². The molecule has 0 radical (unpaired) electrons. The maximum atomic E-state index is 11.7. The highest BCUT2D eigenvalue weighted by molar-refractivity contribution is 7.09. The first-order chi connectivity index (χ1) is 9.79. The van der Waals surface area contributed by atoms with E-state index in [1.54, 1.807) is 18.4 Å². The van der Waals surface area contributed by atoms with E-state index >= 15 is 0 Å². The summed E-state index contributed by atoms with van der Waals surface area (Å²) in [4.78, 5) is 15.2. The predicted octanol–water partition coefficient (Wildman–Crippen LogP) is 1.66. The average Bonchev–Trinajstić information content (AvgIpc) is 3.16. The van der Waals surface area contributed by atoms with Crippen LogP contribution in [0.5, 0.6) is 0 Å². The smallest absolute Gasteiger partial charge is 0.315 e. The number of carbonyl (C=O) groups is 1. The fourth-order valence-electron chi connectivity index (χ4n) is 2.08. The lowest BCUT2D eigenvalue weighted by atomic mass is 10.4. The third-order valence-corrected chi connectivity index (χ3v) is 4.21. The molecule has 1 fully saturated rings. The van der Waals surface area contributed by atoms with Gasteiger partial charge in [0.25, 0.3) is 0 Å². The summed E-state index contributed by atoms with van der Waals surface area (Å²) in [7, 11) is 1.72. The number of hydrogen-bond acceptors (Lipinski definition) is 4. The Morgan fingerprint density at radius 2 is 2.30 bits per heavy atom. The molecule has 1 aliphatic rings. The highest BCUT2D eigenvalue weighted by Gasteiger charge is 2.28. The Balaban J connectivity index is 1.57. The molecule has 0 unspecified atom stereocenters. The lowest BCUT2D eigenvalue weighted by molar-refractivity contribution is 0.144. The van der Waals surface area contributed by atoms with Gasteiger partial charge in [-0.2, -0.15) is 0 Å². The first-order valence-corrected chi connectivity index (χ1v) is 7.94. The van der Waals surface area contributed by atoms with Crippen molar-refractivity contribution >= 4 is 17.4 Å². The van der Waals surface area contributed by atoms with Crippen LogP contribution in [0.2, 0.25) is 0 Å². The van der Waals surface area contributed by atoms with Crippen LogP contribution >= 0.6 is 11.3 Å². The van der Waals surface area contributed by atoms with Crippen molar-refractivity contribution in [1.29, 1.82) is 0 Å². The summed E-state index contributed by atoms with van der Waals surface area (Å²) >= 11 is 1.65. The molecule has 1 heterocycles. The molecule has 0 aromatic carbocycles. The Bertz CT molecular complexity index is 393. The van der Waals surface area contributed by atoms with E-state index in [0.717, 1.165) is 19.7 Å². The summed E-state index contributed by atoms with van der Waals surface area (Å²) in [6, 6.07) is 4.61. The van der Waals surface area contributed by atoms with Crippen molar-refractivity contribution in [2.24, 2.45) is 0 Å². The van der Waals surface area contributed by atoms with E-state index in [1.807, 2.05) is 17.5 Å². The maximum absolute atomic E-state index is 11.7. The number of rotatable bonds is 9. The Kier molecular flexibility index (Phi) is 6.29. The molecule has 0 bridgehead atoms. The zero-order chi connectivity index (χ0) is 14.2. The van der Waals surface area contributed by atoms with Crippen molar-refractivity contribution in [1.82, 2.24) is 15.5 Å². The monoisotopic (exact) mass is 297 g/mol. The fourth-order valence-corrected chi connectivity index (χ4v) is 2.73. The van der Waals surface area contributed by atoms with Crippen LogP contribution < -0.4 is 10.6 Å². The number of carbonyl (C=O) groups excluding carboxylic acids is 1. The van der Waals surface area contributed by atoms with Crippen molar-refractivity contribution in [2.75, 3.05) is 33.4 Å². The molecular formula is C14H23N3O2S. The quantitative estimate of drug-likeness (QED) is 0.729. The van der Waals surface area contributed by atoms with Gasteiger partial charge in [-0.15, -0.1) is 11.3 Å². The minimum Gasteiger partial charge on any atom is -0.383 e. The summed E-state index contributed by atoms with van der Waals surface area (Å²) in [5, 5.41) is 7.78. The first-order valence-electron chi connectivity index (χ1n) is 7.06. The molecule has 1 aromatic heterocycles. The highest BCUT2D eigenvalue weighted by Crippen LogP contribution is 2.25. The summed E-state index contributed by atoms with van der Waals surface area (Å²) in [5.74, 6) is 0. The van der Waals surface area contributed by atoms with Crippen molar-refractivity contribution in [3.05, 3.63) is 22.4 Å². The number of hydrogen-bond donors (Lipinski definition) is 2. The predicted molar refractivity (Wildman–Crippen MR) is 81.0 cm³/mol. The van der Waals surface area contributed by atoms with Crippen LogP contribution in [0.15, 0.2) is 17.5 Å². The van der Waals surface area contributed by atoms with Gasteiger partial charge in [-0.05, 0) is 24.3 Å². The van der Waals surface area contributed by atoms with Gasteiger partial charge in [0.2, 0.25) is 0 Å². The van der Waals surface area contributed by atoms with E-state index in [0.29, 0.717) is 19.1 Å². The standard InChI is InChI=1S/C14H23N3O2S/c1-19-9-8-17(12-4-5-12)7-6-15-14(18)16-11-13-3-2-10-20-13/h2-3,10,12H,4-9,11H2,1H3,(H2,15,16,18). The average molecular weight is 297 g/mol. The second kappa shape index (κ2) is 8.24. The fraction of sp³-hybridized carbons (Fsp3) is 0.643. The first kappa shape index (κ1) is 15.3. The molecule has 5 nitrogen and oxygen atoms in total. The summed E-state index contributed by atoms with van der Waals surface area (Å²) < 4.78 is 5.12. The molecular weight excluding hydrogens is 274 g/mol. The van der Waals surface area contributed by atoms with E-state index in [1.165, 1.54) is 17.7 Å². The van der Waals surface area contributed by atoms with Crippen LogP contribution in [0, 0.1) is 0 Å². The molecule has 1 aromatic rings. The number of urea groups is 1. The largest absolute Gasteiger partial charge is 0.383 e. The Morgan fingerprint density at radius 1 is 1.45 bits per heavy atom. The van der Waals surface area contributed by atoms with Gasteiger partial charge in [-0.3, -0.25) is 4.90 Å². The molecule has 2 N–H and O–H groups in total. The molecule has 0 aliphatic heterocycles. The molecule has 2 amide bonds. The Morgan fingerprint density at radius 3 is 2.95 bits per heavy atom. The molecule has 0 saturated heterocycles. The summed E-state index contributed by atoms with van der Waals surface area (Å²) in [5.41, 5.74) is 0. The Labute approximate surface area is 124 Å². The van der Waals surface area contributed by atoms with Crippen molar-refractivity contribution < 1.29 is 9.53 Å². The van der Waals surface area contributed by atoms with Gasteiger partial charge in [0.15, 0.2) is 0 Å². The SMILES string of the molecule is COCCN(CCNC(=O)NCc1cccs1)C1CC1. The van der Waals surface area contributed by atoms with Gasteiger partial charge in [0, 0.05) is 37.7 Å². The van der Waals surface area contributed by atoms with E-state index < -0.39 is 0 Å². The molecule has 6 heteroatoms. The second-order valence-electron chi connectivity index (χ2n) is 4.95. The molecule has 20 heavy (non-hydrogen) atoms. The third kappa shape index (κ3) is 5.48. The van der Waals surface area contributed by atoms with Crippen LogP contribution in [0.3, 0.4) is 0 Å². The number of thiophene rings is 1. The van der Waals surface area contributed by atoms with Crippen LogP contribution in [0.25, 0.3) is 0 Å². The van der Waals surface area contributed by atoms with E-state index in [-0.39, 0.29) is 6.03 Å². The van der Waals surface area contributed by atoms with Crippen LogP contribution in [-0.2, 0) is 11.3 Å². The molecule has 2 rings (SSSR count). The van der Waals surface area contributed by atoms with E-state index in [9.17, 15) is 4.79 Å². The third-order valence-electron chi connectivity index (χ3n) is 3.33. The number of nitrogens with zero attached hydrogens (tertiary/aromatic N) is 1. The van der Waals surface area contributed by atoms with E-state index in [2.05, 4.69) is 15.5 Å². The van der Waals surface area contributed by atoms with Crippen molar-refractivity contribution in [2.45, 2.75) is 25.4 Å². The molecule has 1 aliphatic carbocycles. The minimum absolute atomic E-state index is 0.0964. The molecule has 0 spiro atoms.